The topological polar surface area (TPSA) is 374 Å². The second kappa shape index (κ2) is 82.4. The third-order valence-electron chi connectivity index (χ3n) is 16.9. The number of hydrogen-bond acceptors (Lipinski definition) is 23. The van der Waals surface area contributed by atoms with Crippen molar-refractivity contribution in [3.63, 3.8) is 0 Å². The summed E-state index contributed by atoms with van der Waals surface area (Å²) >= 11 is 2.07. The Labute approximate surface area is 726 Å². The molecule has 0 unspecified atom stereocenters. The lowest BCUT2D eigenvalue weighted by Gasteiger charge is -2.48. The standard InChI is InChI=1S/C8H7N.C6H11NO.C6H6.C5H9NO.C5H5NO.C5H5N.2C5H6.C4H9NO.C4H9N.4C4H5N.C4H8O.C4H8S.C3H4N2.C3H7N.C3H6O.3C2H3N3/c1-2-4-8-7(3-1)5-6-9-8;1-2-7-3-6(1)4-8-5-6;1-2-4-6-5-3-1;1-5(2-6-1)3-7-4-5;7-5-3-1-2-4-6-5;1-2-4-6-5-3-1;2*1-2-4-5-3-1;1-3-6-4-2-5-1;8*1-2-4-5-3-1;2*1-2-4-3-1;1-3-2-5-4-1;2*1-2-4-5-3-1/h1-6,9H;7H,1-5H2;1-6H;6H,1-4H2;1-4H,(H,6,7);1-5H;2*1-4H,5H2;5H,1-4H2;5H,1-4H2;3*1,3-4H,2H2;1-5H;2*1-4H2;1-3H,(H,4,5);4H,1-3H2;1-3H2;3*1-2H,(H,3,4,5). The van der Waals surface area contributed by atoms with Crippen molar-refractivity contribution in [2.24, 2.45) is 25.8 Å². The average Bonchev–Trinajstić information content (AvgIpc) is 1.37. The number of allylic oxidation sites excluding steroid dienone is 11. The van der Waals surface area contributed by atoms with Gasteiger partial charge in [-0.3, -0.25) is 35.0 Å². The fourth-order valence-electron chi connectivity index (χ4n) is 9.75. The van der Waals surface area contributed by atoms with Crippen molar-refractivity contribution < 1.29 is 23.7 Å². The van der Waals surface area contributed by atoms with Gasteiger partial charge in [-0.15, -0.1) is 0 Å². The molecule has 21 heterocycles. The number of H-pyrrole nitrogens is 7. The molecule has 29 nitrogen and oxygen atoms in total. The smallest absolute Gasteiger partial charge is 0.247 e. The van der Waals surface area contributed by atoms with E-state index in [4.69, 9.17) is 23.7 Å². The molecular weight excluding hydrogens is 1560 g/mol. The Morgan fingerprint density at radius 3 is 1.04 bits per heavy atom. The molecule has 10 saturated heterocycles. The van der Waals surface area contributed by atoms with E-state index in [0.717, 1.165) is 111 Å². The number of ether oxygens (including phenoxy) is 5. The SMILES string of the molecule is C1=CCC=C1.C1=CCC=C1.C1=CN=CC1.C1=CN=CC1.C1=CN=CC1.C1CC2(CN1)COC2.C1CCNC1.C1CCOC1.C1CCSC1.C1CNC1.C1COC1.C1COCCN1.C1NCC12COC2.O=c1cccc[nH]1.c1cc[nH]c1.c1ccc2[nH]ccc2c1.c1ccccc1.c1ccncc1.c1cn[nH]c1.c1cn[nH]n1.c1cn[nH]n1.c1nc[nH]n1. The second-order valence-corrected chi connectivity index (χ2v) is 28.4. The minimum atomic E-state index is -0.0532. The minimum absolute atomic E-state index is 0.0532. The normalized spacial score (nSPS) is 17.1. The summed E-state index contributed by atoms with van der Waals surface area (Å²) in [7, 11) is 0. The van der Waals surface area contributed by atoms with Crippen LogP contribution in [0, 0.1) is 10.8 Å². The Morgan fingerprint density at radius 1 is 0.344 bits per heavy atom. The van der Waals surface area contributed by atoms with E-state index < -0.39 is 0 Å². The highest BCUT2D eigenvalue weighted by Gasteiger charge is 2.43. The van der Waals surface area contributed by atoms with E-state index >= 15 is 0 Å². The fraction of sp³-hybridized carbons (Fsp3) is 0.413. The summed E-state index contributed by atoms with van der Waals surface area (Å²) in [6.45, 7) is 21.6. The Bertz CT molecular complexity index is 3380. The highest BCUT2D eigenvalue weighted by atomic mass is 32.2. The molecule has 122 heavy (non-hydrogen) atoms. The molecule has 30 heteroatoms. The van der Waals surface area contributed by atoms with Crippen LogP contribution in [0.25, 0.3) is 10.9 Å². The zero-order valence-corrected chi connectivity index (χ0v) is 72.0. The van der Waals surface area contributed by atoms with Crippen molar-refractivity contribution in [3.8, 4) is 0 Å². The zero-order chi connectivity index (χ0) is 85.8. The molecule has 2 aliphatic carbocycles. The van der Waals surface area contributed by atoms with Gasteiger partial charge in [-0.2, -0.15) is 52.8 Å². The van der Waals surface area contributed by atoms with Gasteiger partial charge in [0, 0.05) is 188 Å². The number of rotatable bonds is 0. The van der Waals surface area contributed by atoms with E-state index in [1.54, 1.807) is 86.5 Å². The number of morpholine rings is 1. The van der Waals surface area contributed by atoms with Crippen LogP contribution in [0.5, 0.6) is 0 Å². The van der Waals surface area contributed by atoms with E-state index in [9.17, 15) is 4.79 Å². The lowest BCUT2D eigenvalue weighted by atomic mass is 9.80. The molecule has 2 aromatic carbocycles. The maximum atomic E-state index is 10.2. The quantitative estimate of drug-likeness (QED) is 0.0671. The van der Waals surface area contributed by atoms with Gasteiger partial charge in [0.25, 0.3) is 0 Å². The molecule has 15 aliphatic rings. The first kappa shape index (κ1) is 103. The van der Waals surface area contributed by atoms with Gasteiger partial charge in [-0.1, -0.05) is 134 Å². The number of thioether (sulfide) groups is 1. The monoisotopic (exact) mass is 1690 g/mol. The molecule has 0 atom stereocenters. The summed E-state index contributed by atoms with van der Waals surface area (Å²) < 4.78 is 24.8. The van der Waals surface area contributed by atoms with Gasteiger partial charge < -0.3 is 65.2 Å². The van der Waals surface area contributed by atoms with Gasteiger partial charge in [0.1, 0.15) is 12.7 Å². The van der Waals surface area contributed by atoms with Crippen molar-refractivity contribution in [2.45, 2.75) is 89.9 Å². The third kappa shape index (κ3) is 66.9. The van der Waals surface area contributed by atoms with Crippen LogP contribution in [0.2, 0.25) is 0 Å². The Kier molecular flexibility index (Phi) is 69.9. The summed E-state index contributed by atoms with van der Waals surface area (Å²) in [5.74, 6) is 2.83. The first-order chi connectivity index (χ1) is 60.7. The van der Waals surface area contributed by atoms with Crippen molar-refractivity contribution in [2.75, 3.05) is 143 Å². The zero-order valence-electron chi connectivity index (χ0n) is 71.2. The number of para-hydroxylation sites is 1. The molecule has 0 amide bonds. The second-order valence-electron chi connectivity index (χ2n) is 27.2. The maximum absolute atomic E-state index is 10.2. The number of benzene rings is 2. The largest absolute Gasteiger partial charge is 0.381 e. The van der Waals surface area contributed by atoms with Gasteiger partial charge in [0.2, 0.25) is 5.56 Å². The van der Waals surface area contributed by atoms with Crippen LogP contribution in [-0.4, -0.2) is 238 Å². The van der Waals surface area contributed by atoms with Crippen LogP contribution in [0.4, 0.5) is 0 Å². The summed E-state index contributed by atoms with van der Waals surface area (Å²) in [6.07, 6.45) is 75.0. The first-order valence-corrected chi connectivity index (χ1v) is 43.4. The minimum Gasteiger partial charge on any atom is -0.381 e. The lowest BCUT2D eigenvalue weighted by molar-refractivity contribution is -0.139. The van der Waals surface area contributed by atoms with Crippen LogP contribution >= 0.6 is 11.8 Å². The van der Waals surface area contributed by atoms with Gasteiger partial charge in [-0.05, 0) is 169 Å². The van der Waals surface area contributed by atoms with Crippen molar-refractivity contribution in [1.82, 2.24) is 103 Å². The molecule has 10 aromatic rings. The number of nitrogens with zero attached hydrogens (tertiary/aromatic N) is 11. The van der Waals surface area contributed by atoms with E-state index in [2.05, 4.69) is 196 Å². The fourth-order valence-corrected chi connectivity index (χ4v) is 10.8. The van der Waals surface area contributed by atoms with Gasteiger partial charge >= 0.3 is 0 Å². The molecular formula is C92H135N23O6S. The Morgan fingerprint density at radius 2 is 0.844 bits per heavy atom. The van der Waals surface area contributed by atoms with Crippen molar-refractivity contribution in [3.05, 3.63) is 304 Å². The van der Waals surface area contributed by atoms with E-state index in [1.165, 1.54) is 151 Å². The summed E-state index contributed by atoms with van der Waals surface area (Å²) in [5.41, 5.74) is 2.35. The molecule has 12 N–H and O–H groups in total. The van der Waals surface area contributed by atoms with E-state index in [0.29, 0.717) is 10.8 Å². The van der Waals surface area contributed by atoms with Crippen LogP contribution in [0.1, 0.15) is 89.9 Å². The number of aromatic amines is 7. The predicted octanol–water partition coefficient (Wildman–Crippen LogP) is 14.4. The molecule has 25 rings (SSSR count). The highest BCUT2D eigenvalue weighted by Crippen LogP contribution is 2.33. The van der Waals surface area contributed by atoms with Crippen LogP contribution < -0.4 is 32.1 Å². The summed E-state index contributed by atoms with van der Waals surface area (Å²) in [5, 5.41) is 48.2. The molecule has 13 aliphatic heterocycles. The lowest BCUT2D eigenvalue weighted by Crippen LogP contribution is -2.64. The molecule has 0 radical (unpaired) electrons. The van der Waals surface area contributed by atoms with Gasteiger partial charge in [-0.25, -0.2) is 4.98 Å². The van der Waals surface area contributed by atoms with Crippen molar-refractivity contribution in [1.29, 1.82) is 0 Å². The molecule has 0 bridgehead atoms. The number of pyridine rings is 2. The van der Waals surface area contributed by atoms with Crippen LogP contribution in [-0.2, 0) is 23.7 Å². The maximum Gasteiger partial charge on any atom is 0.247 e. The van der Waals surface area contributed by atoms with E-state index in [1.807, 2.05) is 140 Å². The number of fused-ring (bicyclic) bond motifs is 1. The van der Waals surface area contributed by atoms with Crippen LogP contribution in [0.3, 0.4) is 0 Å². The Balaban J connectivity index is 0.000000269. The summed E-state index contributed by atoms with van der Waals surface area (Å²) in [4.78, 5) is 37.3. The predicted molar refractivity (Wildman–Crippen MR) is 499 cm³/mol. The number of hydrogen-bond donors (Lipinski definition) is 12. The van der Waals surface area contributed by atoms with Gasteiger partial charge in [0.15, 0.2) is 0 Å². The molecule has 10 fully saturated rings. The third-order valence-corrected chi connectivity index (χ3v) is 18.1. The molecule has 8 aromatic heterocycles. The highest BCUT2D eigenvalue weighted by molar-refractivity contribution is 7.99. The number of aromatic nitrogens is 15. The van der Waals surface area contributed by atoms with Crippen LogP contribution in [0.15, 0.2) is 314 Å². The van der Waals surface area contributed by atoms with Crippen molar-refractivity contribution >= 4 is 41.3 Å². The molecule has 2 spiro atoms. The van der Waals surface area contributed by atoms with Gasteiger partial charge in [0.05, 0.1) is 64.4 Å². The number of nitrogens with one attached hydrogen (secondary N) is 12. The molecule has 660 valence electrons. The Hall–Kier alpha value is -10.9. The average molecular weight is 1690 g/mol. The van der Waals surface area contributed by atoms with E-state index in [-0.39, 0.29) is 5.56 Å². The summed E-state index contributed by atoms with van der Waals surface area (Å²) in [6, 6.07) is 38.7. The molecule has 0 saturated carbocycles. The number of aliphatic imine (C=N–C) groups is 3. The first-order valence-electron chi connectivity index (χ1n) is 42.2.